The number of carbonyl (C=O) groups excluding carboxylic acids is 1. The van der Waals surface area contributed by atoms with Gasteiger partial charge in [0.05, 0.1) is 6.04 Å². The van der Waals surface area contributed by atoms with E-state index in [0.717, 1.165) is 18.7 Å². The van der Waals surface area contributed by atoms with Crippen LogP contribution in [-0.4, -0.2) is 65.2 Å². The van der Waals surface area contributed by atoms with Crippen molar-refractivity contribution in [1.29, 1.82) is 0 Å². The van der Waals surface area contributed by atoms with Gasteiger partial charge in [-0.25, -0.2) is 9.59 Å². The lowest BCUT2D eigenvalue weighted by molar-refractivity contribution is -0.141. The van der Waals surface area contributed by atoms with Gasteiger partial charge in [-0.15, -0.1) is 0 Å². The van der Waals surface area contributed by atoms with E-state index in [0.29, 0.717) is 19.5 Å². The summed E-state index contributed by atoms with van der Waals surface area (Å²) in [6.07, 6.45) is 0.343. The van der Waals surface area contributed by atoms with E-state index in [2.05, 4.69) is 5.32 Å². The van der Waals surface area contributed by atoms with E-state index in [4.69, 9.17) is 0 Å². The minimum Gasteiger partial charge on any atom is -0.480 e. The SMILES string of the molecule is O=C(O)C(Cc1ccccc1)N1CC2CNCCN2C1=O. The molecule has 6 heteroatoms. The second-order valence-corrected chi connectivity index (χ2v) is 5.53. The standard InChI is InChI=1S/C15H19N3O3/c19-14(20)13(8-11-4-2-1-3-5-11)18-10-12-9-16-6-7-17(12)15(18)21/h1-5,12-13,16H,6-10H2,(H,19,20). The van der Waals surface area contributed by atoms with Crippen molar-refractivity contribution in [1.82, 2.24) is 15.1 Å². The zero-order chi connectivity index (χ0) is 14.8. The lowest BCUT2D eigenvalue weighted by atomic mass is 10.0. The molecule has 6 nitrogen and oxygen atoms in total. The first-order valence-corrected chi connectivity index (χ1v) is 7.21. The lowest BCUT2D eigenvalue weighted by Gasteiger charge is -2.28. The minimum atomic E-state index is -0.944. The van der Waals surface area contributed by atoms with E-state index < -0.39 is 12.0 Å². The number of hydrogen-bond donors (Lipinski definition) is 2. The van der Waals surface area contributed by atoms with Crippen LogP contribution in [0.5, 0.6) is 0 Å². The Kier molecular flexibility index (Phi) is 3.79. The number of carboxylic acid groups (broad SMARTS) is 1. The van der Waals surface area contributed by atoms with Gasteiger partial charge in [0.15, 0.2) is 0 Å². The summed E-state index contributed by atoms with van der Waals surface area (Å²) in [4.78, 5) is 27.3. The minimum absolute atomic E-state index is 0.0869. The van der Waals surface area contributed by atoms with E-state index in [1.54, 1.807) is 4.90 Å². The van der Waals surface area contributed by atoms with Crippen molar-refractivity contribution in [3.05, 3.63) is 35.9 Å². The van der Waals surface area contributed by atoms with Crippen molar-refractivity contribution in [2.75, 3.05) is 26.2 Å². The van der Waals surface area contributed by atoms with Crippen molar-refractivity contribution in [2.45, 2.75) is 18.5 Å². The molecule has 2 N–H and O–H groups in total. The smallest absolute Gasteiger partial charge is 0.326 e. The fraction of sp³-hybridized carbons (Fsp3) is 0.467. The van der Waals surface area contributed by atoms with Gasteiger partial charge in [-0.3, -0.25) is 0 Å². The number of piperazine rings is 1. The zero-order valence-electron chi connectivity index (χ0n) is 11.7. The topological polar surface area (TPSA) is 72.9 Å². The molecule has 3 rings (SSSR count). The second-order valence-electron chi connectivity index (χ2n) is 5.53. The summed E-state index contributed by atoms with van der Waals surface area (Å²) in [6, 6.07) is 8.59. The number of rotatable bonds is 4. The molecule has 0 saturated carbocycles. The molecule has 0 radical (unpaired) electrons. The van der Waals surface area contributed by atoms with Gasteiger partial charge in [0.1, 0.15) is 6.04 Å². The molecule has 0 aromatic heterocycles. The van der Waals surface area contributed by atoms with Crippen LogP contribution < -0.4 is 5.32 Å². The van der Waals surface area contributed by atoms with Crippen molar-refractivity contribution >= 4 is 12.0 Å². The molecular weight excluding hydrogens is 270 g/mol. The van der Waals surface area contributed by atoms with Crippen molar-refractivity contribution in [3.8, 4) is 0 Å². The summed E-state index contributed by atoms with van der Waals surface area (Å²) in [6.45, 7) is 2.64. The highest BCUT2D eigenvalue weighted by Gasteiger charge is 2.43. The third-order valence-electron chi connectivity index (χ3n) is 4.18. The van der Waals surface area contributed by atoms with Crippen molar-refractivity contribution < 1.29 is 14.7 Å². The third kappa shape index (κ3) is 2.71. The van der Waals surface area contributed by atoms with Gasteiger partial charge in [0.25, 0.3) is 0 Å². The number of hydrogen-bond acceptors (Lipinski definition) is 3. The molecular formula is C15H19N3O3. The predicted molar refractivity (Wildman–Crippen MR) is 77.0 cm³/mol. The summed E-state index contributed by atoms with van der Waals surface area (Å²) >= 11 is 0. The van der Waals surface area contributed by atoms with Gasteiger partial charge in [0, 0.05) is 32.6 Å². The monoisotopic (exact) mass is 289 g/mol. The van der Waals surface area contributed by atoms with Crippen LogP contribution >= 0.6 is 0 Å². The van der Waals surface area contributed by atoms with Gasteiger partial charge >= 0.3 is 12.0 Å². The largest absolute Gasteiger partial charge is 0.480 e. The van der Waals surface area contributed by atoms with Crippen LogP contribution in [0.15, 0.2) is 30.3 Å². The molecule has 2 amide bonds. The molecule has 2 atom stereocenters. The predicted octanol–water partition coefficient (Wildman–Crippen LogP) is 0.392. The fourth-order valence-corrected chi connectivity index (χ4v) is 3.07. The maximum atomic E-state index is 12.4. The molecule has 0 aliphatic carbocycles. The molecule has 2 saturated heterocycles. The van der Waals surface area contributed by atoms with Crippen LogP contribution in [-0.2, 0) is 11.2 Å². The highest BCUT2D eigenvalue weighted by atomic mass is 16.4. The molecule has 112 valence electrons. The van der Waals surface area contributed by atoms with Gasteiger partial charge in [-0.05, 0) is 5.56 Å². The fourth-order valence-electron chi connectivity index (χ4n) is 3.07. The Morgan fingerprint density at radius 3 is 2.81 bits per heavy atom. The van der Waals surface area contributed by atoms with E-state index in [9.17, 15) is 14.7 Å². The molecule has 1 aromatic rings. The quantitative estimate of drug-likeness (QED) is 0.841. The first-order valence-electron chi connectivity index (χ1n) is 7.21. The Hall–Kier alpha value is -2.08. The molecule has 0 spiro atoms. The number of amides is 2. The number of nitrogens with zero attached hydrogens (tertiary/aromatic N) is 2. The van der Waals surface area contributed by atoms with E-state index >= 15 is 0 Å². The van der Waals surface area contributed by atoms with Crippen LogP contribution in [0.3, 0.4) is 0 Å². The molecule has 2 heterocycles. The Bertz CT molecular complexity index is 534. The number of carboxylic acids is 1. The number of urea groups is 1. The summed E-state index contributed by atoms with van der Waals surface area (Å²) in [5, 5.41) is 12.8. The molecule has 2 aliphatic rings. The van der Waals surface area contributed by atoms with Crippen LogP contribution in [0, 0.1) is 0 Å². The molecule has 1 aromatic carbocycles. The molecule has 0 bridgehead atoms. The number of fused-ring (bicyclic) bond motifs is 1. The maximum absolute atomic E-state index is 12.4. The summed E-state index contributed by atoms with van der Waals surface area (Å²) in [5.41, 5.74) is 0.931. The zero-order valence-corrected chi connectivity index (χ0v) is 11.7. The second kappa shape index (κ2) is 5.73. The molecule has 2 fully saturated rings. The van der Waals surface area contributed by atoms with Crippen molar-refractivity contribution in [2.24, 2.45) is 0 Å². The van der Waals surface area contributed by atoms with Crippen LogP contribution in [0.4, 0.5) is 4.79 Å². The van der Waals surface area contributed by atoms with Gasteiger partial charge in [0.2, 0.25) is 0 Å². The number of carbonyl (C=O) groups is 2. The Morgan fingerprint density at radius 2 is 2.14 bits per heavy atom. The summed E-state index contributed by atoms with van der Waals surface area (Å²) < 4.78 is 0. The number of nitrogens with one attached hydrogen (secondary N) is 1. The first kappa shape index (κ1) is 13.9. The number of benzene rings is 1. The van der Waals surface area contributed by atoms with Crippen LogP contribution in [0.1, 0.15) is 5.56 Å². The first-order chi connectivity index (χ1) is 10.2. The summed E-state index contributed by atoms with van der Waals surface area (Å²) in [5.74, 6) is -0.944. The molecule has 2 unspecified atom stereocenters. The number of aliphatic carboxylic acids is 1. The Labute approximate surface area is 123 Å². The van der Waals surface area contributed by atoms with E-state index in [1.807, 2.05) is 30.3 Å². The van der Waals surface area contributed by atoms with Crippen LogP contribution in [0.2, 0.25) is 0 Å². The van der Waals surface area contributed by atoms with Crippen LogP contribution in [0.25, 0.3) is 0 Å². The molecule has 2 aliphatic heterocycles. The average Bonchev–Trinajstić information content (AvgIpc) is 2.83. The van der Waals surface area contributed by atoms with Gasteiger partial charge < -0.3 is 20.2 Å². The van der Waals surface area contributed by atoms with Crippen molar-refractivity contribution in [3.63, 3.8) is 0 Å². The highest BCUT2D eigenvalue weighted by molar-refractivity contribution is 5.84. The third-order valence-corrected chi connectivity index (χ3v) is 4.18. The van der Waals surface area contributed by atoms with E-state index in [-0.39, 0.29) is 12.1 Å². The highest BCUT2D eigenvalue weighted by Crippen LogP contribution is 2.22. The Morgan fingerprint density at radius 1 is 1.38 bits per heavy atom. The Balaban J connectivity index is 1.78. The lowest BCUT2D eigenvalue weighted by Crippen LogP contribution is -2.50. The average molecular weight is 289 g/mol. The maximum Gasteiger partial charge on any atom is 0.326 e. The summed E-state index contributed by atoms with van der Waals surface area (Å²) in [7, 11) is 0. The normalized spacial score (nSPS) is 23.0. The van der Waals surface area contributed by atoms with Gasteiger partial charge in [-0.1, -0.05) is 30.3 Å². The molecule has 21 heavy (non-hydrogen) atoms. The van der Waals surface area contributed by atoms with Gasteiger partial charge in [-0.2, -0.15) is 0 Å². The van der Waals surface area contributed by atoms with E-state index in [1.165, 1.54) is 4.90 Å².